The van der Waals surface area contributed by atoms with Gasteiger partial charge in [-0.25, -0.2) is 4.79 Å². The number of hydrogen-bond acceptors (Lipinski definition) is 3. The standard InChI is InChI=1S/C30H30Cl4N2O4/c1-18-13-25(32)28(26(33)14-18)40-12-11-19-5-7-20(8-6-19)15-22(16-35-30(38)39)29(37)36(23-9-10-23)17-21-3-2-4-24(31)27(21)34/h2-8,13-14,22-23,35H,9-12,15-17H2,1H3,(H,38,39). The Morgan fingerprint density at radius 1 is 1.00 bits per heavy atom. The summed E-state index contributed by atoms with van der Waals surface area (Å²) in [7, 11) is 0. The van der Waals surface area contributed by atoms with Gasteiger partial charge in [-0.2, -0.15) is 0 Å². The van der Waals surface area contributed by atoms with Crippen LogP contribution in [0.2, 0.25) is 20.1 Å². The molecular weight excluding hydrogens is 594 g/mol. The van der Waals surface area contributed by atoms with Crippen molar-refractivity contribution in [3.63, 3.8) is 0 Å². The van der Waals surface area contributed by atoms with Crippen molar-refractivity contribution in [2.75, 3.05) is 13.2 Å². The second-order valence-corrected chi connectivity index (χ2v) is 11.6. The van der Waals surface area contributed by atoms with E-state index in [1.54, 1.807) is 17.0 Å². The largest absolute Gasteiger partial charge is 0.490 e. The van der Waals surface area contributed by atoms with Crippen molar-refractivity contribution in [1.29, 1.82) is 0 Å². The Bertz CT molecular complexity index is 1340. The van der Waals surface area contributed by atoms with E-state index in [4.69, 9.17) is 51.1 Å². The van der Waals surface area contributed by atoms with E-state index in [9.17, 15) is 14.7 Å². The number of halogens is 4. The van der Waals surface area contributed by atoms with Crippen LogP contribution in [0.1, 0.15) is 35.1 Å². The van der Waals surface area contributed by atoms with E-state index < -0.39 is 12.0 Å². The molecule has 3 aromatic carbocycles. The third-order valence-electron chi connectivity index (χ3n) is 6.78. The molecule has 2 amide bonds. The topological polar surface area (TPSA) is 78.9 Å². The van der Waals surface area contributed by atoms with Gasteiger partial charge in [0.2, 0.25) is 5.91 Å². The molecule has 0 spiro atoms. The van der Waals surface area contributed by atoms with Crippen molar-refractivity contribution in [2.24, 2.45) is 5.92 Å². The van der Waals surface area contributed by atoms with Gasteiger partial charge < -0.3 is 20.1 Å². The zero-order valence-corrected chi connectivity index (χ0v) is 25.0. The van der Waals surface area contributed by atoms with Gasteiger partial charge in [-0.05, 0) is 66.6 Å². The summed E-state index contributed by atoms with van der Waals surface area (Å²) in [5, 5.41) is 13.4. The monoisotopic (exact) mass is 622 g/mol. The molecule has 1 aliphatic carbocycles. The zero-order valence-electron chi connectivity index (χ0n) is 21.9. The van der Waals surface area contributed by atoms with E-state index in [1.165, 1.54) is 0 Å². The number of nitrogens with one attached hydrogen (secondary N) is 1. The van der Waals surface area contributed by atoms with Gasteiger partial charge in [0, 0.05) is 25.6 Å². The number of ether oxygens (including phenoxy) is 1. The second kappa shape index (κ2) is 13.8. The molecule has 0 aliphatic heterocycles. The molecule has 0 aromatic heterocycles. The van der Waals surface area contributed by atoms with E-state index >= 15 is 0 Å². The van der Waals surface area contributed by atoms with E-state index in [1.807, 2.05) is 49.4 Å². The first kappa shape index (κ1) is 30.3. The maximum atomic E-state index is 13.7. The number of nitrogens with zero attached hydrogens (tertiary/aromatic N) is 1. The van der Waals surface area contributed by atoms with Crippen LogP contribution in [0.5, 0.6) is 5.75 Å². The minimum Gasteiger partial charge on any atom is -0.490 e. The number of rotatable bonds is 12. The van der Waals surface area contributed by atoms with Crippen molar-refractivity contribution in [3.05, 3.63) is 96.9 Å². The Balaban J connectivity index is 1.42. The van der Waals surface area contributed by atoms with E-state index in [0.29, 0.717) is 51.8 Å². The summed E-state index contributed by atoms with van der Waals surface area (Å²) in [5.41, 5.74) is 3.70. The summed E-state index contributed by atoms with van der Waals surface area (Å²) in [5.74, 6) is -0.219. The predicted octanol–water partition coefficient (Wildman–Crippen LogP) is 7.85. The van der Waals surface area contributed by atoms with Crippen LogP contribution in [0.15, 0.2) is 54.6 Å². The first-order chi connectivity index (χ1) is 19.1. The molecule has 1 aliphatic rings. The van der Waals surface area contributed by atoms with Crippen LogP contribution in [0, 0.1) is 12.8 Å². The molecule has 4 rings (SSSR count). The normalized spacial score (nSPS) is 13.5. The van der Waals surface area contributed by atoms with E-state index in [2.05, 4.69) is 5.32 Å². The summed E-state index contributed by atoms with van der Waals surface area (Å²) >= 11 is 25.1. The first-order valence-electron chi connectivity index (χ1n) is 13.0. The van der Waals surface area contributed by atoms with Crippen LogP contribution in [-0.4, -0.2) is 41.2 Å². The van der Waals surface area contributed by atoms with Crippen molar-refractivity contribution >= 4 is 58.4 Å². The lowest BCUT2D eigenvalue weighted by molar-refractivity contribution is -0.136. The third-order valence-corrected chi connectivity index (χ3v) is 8.20. The Hall–Kier alpha value is -2.64. The summed E-state index contributed by atoms with van der Waals surface area (Å²) < 4.78 is 5.83. The summed E-state index contributed by atoms with van der Waals surface area (Å²) in [4.78, 5) is 26.8. The summed E-state index contributed by atoms with van der Waals surface area (Å²) in [6, 6.07) is 17.0. The lowest BCUT2D eigenvalue weighted by Gasteiger charge is -2.28. The number of aryl methyl sites for hydroxylation is 1. The van der Waals surface area contributed by atoms with Crippen molar-refractivity contribution in [1.82, 2.24) is 10.2 Å². The number of amides is 2. The fourth-order valence-electron chi connectivity index (χ4n) is 4.54. The maximum absolute atomic E-state index is 13.7. The SMILES string of the molecule is Cc1cc(Cl)c(OCCc2ccc(CC(CNC(=O)O)C(=O)N(Cc3cccc(Cl)c3Cl)C3CC3)cc2)c(Cl)c1. The maximum Gasteiger partial charge on any atom is 0.404 e. The molecule has 3 aromatic rings. The minimum absolute atomic E-state index is 0.00826. The number of hydrogen-bond donors (Lipinski definition) is 2. The average molecular weight is 624 g/mol. The van der Waals surface area contributed by atoms with Gasteiger partial charge >= 0.3 is 6.09 Å². The fourth-order valence-corrected chi connectivity index (χ4v) is 5.63. The molecule has 212 valence electrons. The van der Waals surface area contributed by atoms with Gasteiger partial charge in [-0.15, -0.1) is 0 Å². The highest BCUT2D eigenvalue weighted by Gasteiger charge is 2.36. The highest BCUT2D eigenvalue weighted by Crippen LogP contribution is 2.35. The lowest BCUT2D eigenvalue weighted by atomic mass is 9.96. The van der Waals surface area contributed by atoms with Crippen molar-refractivity contribution in [3.8, 4) is 5.75 Å². The quantitative estimate of drug-likeness (QED) is 0.215. The van der Waals surface area contributed by atoms with Crippen LogP contribution in [0.3, 0.4) is 0 Å². The Kier molecular flexibility index (Phi) is 10.5. The summed E-state index contributed by atoms with van der Waals surface area (Å²) in [6.07, 6.45) is 1.66. The lowest BCUT2D eigenvalue weighted by Crippen LogP contribution is -2.43. The Morgan fingerprint density at radius 2 is 1.65 bits per heavy atom. The van der Waals surface area contributed by atoms with Crippen molar-refractivity contribution in [2.45, 2.75) is 45.2 Å². The molecule has 1 fully saturated rings. The molecule has 40 heavy (non-hydrogen) atoms. The summed E-state index contributed by atoms with van der Waals surface area (Å²) in [6.45, 7) is 2.64. The number of carbonyl (C=O) groups excluding carboxylic acids is 1. The zero-order chi connectivity index (χ0) is 28.8. The van der Waals surface area contributed by atoms with Crippen LogP contribution >= 0.6 is 46.4 Å². The number of carboxylic acid groups (broad SMARTS) is 1. The van der Waals surface area contributed by atoms with Gasteiger partial charge in [0.25, 0.3) is 0 Å². The van der Waals surface area contributed by atoms with E-state index in [0.717, 1.165) is 35.1 Å². The highest BCUT2D eigenvalue weighted by atomic mass is 35.5. The van der Waals surface area contributed by atoms with Crippen LogP contribution < -0.4 is 10.1 Å². The van der Waals surface area contributed by atoms with Gasteiger partial charge in [0.05, 0.1) is 32.6 Å². The molecule has 10 heteroatoms. The number of benzene rings is 3. The molecule has 0 heterocycles. The molecule has 1 unspecified atom stereocenters. The van der Waals surface area contributed by atoms with Gasteiger partial charge in [0.15, 0.2) is 5.75 Å². The second-order valence-electron chi connectivity index (χ2n) is 9.97. The van der Waals surface area contributed by atoms with Crippen LogP contribution in [0.25, 0.3) is 0 Å². The molecule has 2 N–H and O–H groups in total. The first-order valence-corrected chi connectivity index (χ1v) is 14.5. The Morgan fingerprint density at radius 3 is 2.27 bits per heavy atom. The Labute approximate surface area is 254 Å². The molecule has 1 saturated carbocycles. The molecule has 0 radical (unpaired) electrons. The smallest absolute Gasteiger partial charge is 0.404 e. The minimum atomic E-state index is -1.17. The molecule has 6 nitrogen and oxygen atoms in total. The fraction of sp³-hybridized carbons (Fsp3) is 0.333. The van der Waals surface area contributed by atoms with E-state index in [-0.39, 0.29) is 18.5 Å². The van der Waals surface area contributed by atoms with Crippen molar-refractivity contribution < 1.29 is 19.4 Å². The van der Waals surface area contributed by atoms with Crippen LogP contribution in [-0.2, 0) is 24.2 Å². The van der Waals surface area contributed by atoms with Gasteiger partial charge in [0.1, 0.15) is 0 Å². The average Bonchev–Trinajstić information content (AvgIpc) is 3.74. The molecule has 0 saturated heterocycles. The van der Waals surface area contributed by atoms with Gasteiger partial charge in [-0.3, -0.25) is 4.79 Å². The van der Waals surface area contributed by atoms with Crippen LogP contribution in [0.4, 0.5) is 4.79 Å². The predicted molar refractivity (Wildman–Crippen MR) is 160 cm³/mol. The third kappa shape index (κ3) is 8.20. The van der Waals surface area contributed by atoms with Gasteiger partial charge in [-0.1, -0.05) is 82.8 Å². The molecule has 1 atom stereocenters. The number of carbonyl (C=O) groups is 2. The molecule has 0 bridgehead atoms. The highest BCUT2D eigenvalue weighted by molar-refractivity contribution is 6.42. The molecular formula is C30H30Cl4N2O4.